The van der Waals surface area contributed by atoms with Crippen LogP contribution in [0.5, 0.6) is 0 Å². The van der Waals surface area contributed by atoms with E-state index in [2.05, 4.69) is 20.7 Å². The van der Waals surface area contributed by atoms with Crippen molar-refractivity contribution in [2.75, 3.05) is 10.7 Å². The van der Waals surface area contributed by atoms with Crippen molar-refractivity contribution >= 4 is 28.6 Å². The highest BCUT2D eigenvalue weighted by Crippen LogP contribution is 2.18. The Morgan fingerprint density at radius 3 is 2.84 bits per heavy atom. The van der Waals surface area contributed by atoms with Crippen LogP contribution in [0.4, 0.5) is 11.4 Å². The topological polar surface area (TPSA) is 92.9 Å². The molecule has 19 heavy (non-hydrogen) atoms. The lowest BCUT2D eigenvalue weighted by Gasteiger charge is -2.10. The van der Waals surface area contributed by atoms with Crippen LogP contribution in [0.2, 0.25) is 0 Å². The second-order valence-corrected chi connectivity index (χ2v) is 5.04. The number of anilines is 2. The molecule has 0 fully saturated rings. The second kappa shape index (κ2) is 5.77. The summed E-state index contributed by atoms with van der Waals surface area (Å²) in [7, 11) is 0. The first kappa shape index (κ1) is 13.4. The van der Waals surface area contributed by atoms with E-state index in [4.69, 9.17) is 5.84 Å². The third kappa shape index (κ3) is 3.07. The number of nitrogens with one attached hydrogen (secondary N) is 2. The minimum absolute atomic E-state index is 0.138. The molecule has 0 saturated carbocycles. The molecule has 2 heterocycles. The van der Waals surface area contributed by atoms with Gasteiger partial charge in [0.1, 0.15) is 5.82 Å². The largest absolute Gasteiger partial charge is 0.321 e. The standard InChI is InChI=1S/C12H15N5OS/c1-7(2)11-14-5-9(17-13)10(16-11)12(18)15-8-3-4-19-6-8/h3-7,17H,13H2,1-2H3,(H,15,18). The van der Waals surface area contributed by atoms with Crippen molar-refractivity contribution in [3.63, 3.8) is 0 Å². The summed E-state index contributed by atoms with van der Waals surface area (Å²) in [5.74, 6) is 5.81. The van der Waals surface area contributed by atoms with Crippen molar-refractivity contribution in [1.29, 1.82) is 0 Å². The molecule has 7 heteroatoms. The van der Waals surface area contributed by atoms with Crippen molar-refractivity contribution in [2.45, 2.75) is 19.8 Å². The van der Waals surface area contributed by atoms with Crippen molar-refractivity contribution in [3.05, 3.63) is 34.5 Å². The van der Waals surface area contributed by atoms with Crippen LogP contribution in [0.25, 0.3) is 0 Å². The van der Waals surface area contributed by atoms with Gasteiger partial charge in [0.15, 0.2) is 5.69 Å². The van der Waals surface area contributed by atoms with Crippen LogP contribution in [0.15, 0.2) is 23.0 Å². The zero-order chi connectivity index (χ0) is 13.8. The van der Waals surface area contributed by atoms with E-state index in [1.54, 1.807) is 0 Å². The van der Waals surface area contributed by atoms with Gasteiger partial charge in [0.2, 0.25) is 0 Å². The van der Waals surface area contributed by atoms with Crippen LogP contribution in [0, 0.1) is 0 Å². The number of nitrogens with two attached hydrogens (primary N) is 1. The molecule has 0 spiro atoms. The zero-order valence-corrected chi connectivity index (χ0v) is 11.5. The van der Waals surface area contributed by atoms with Crippen molar-refractivity contribution in [3.8, 4) is 0 Å². The summed E-state index contributed by atoms with van der Waals surface area (Å²) in [5.41, 5.74) is 3.82. The fourth-order valence-corrected chi connectivity index (χ4v) is 2.07. The van der Waals surface area contributed by atoms with Crippen LogP contribution < -0.4 is 16.6 Å². The number of aromatic nitrogens is 2. The van der Waals surface area contributed by atoms with Crippen LogP contribution in [0.3, 0.4) is 0 Å². The number of thiophene rings is 1. The van der Waals surface area contributed by atoms with Gasteiger partial charge < -0.3 is 10.7 Å². The highest BCUT2D eigenvalue weighted by atomic mass is 32.1. The van der Waals surface area contributed by atoms with E-state index in [0.717, 1.165) is 5.69 Å². The Hall–Kier alpha value is -1.99. The molecule has 0 aromatic carbocycles. The molecule has 1 amide bonds. The molecule has 2 aromatic rings. The number of hydrogen-bond acceptors (Lipinski definition) is 6. The maximum Gasteiger partial charge on any atom is 0.276 e. The Morgan fingerprint density at radius 1 is 1.47 bits per heavy atom. The lowest BCUT2D eigenvalue weighted by atomic mass is 10.2. The van der Waals surface area contributed by atoms with Gasteiger partial charge in [0.05, 0.1) is 17.6 Å². The molecule has 0 aliphatic rings. The van der Waals surface area contributed by atoms with E-state index in [1.807, 2.05) is 30.7 Å². The van der Waals surface area contributed by atoms with Crippen LogP contribution in [-0.2, 0) is 0 Å². The first-order chi connectivity index (χ1) is 9.11. The van der Waals surface area contributed by atoms with Gasteiger partial charge in [-0.2, -0.15) is 11.3 Å². The first-order valence-electron chi connectivity index (χ1n) is 5.79. The van der Waals surface area contributed by atoms with Crippen molar-refractivity contribution in [2.24, 2.45) is 5.84 Å². The fourth-order valence-electron chi connectivity index (χ4n) is 1.48. The predicted octanol–water partition coefficient (Wildman–Crippen LogP) is 2.20. The molecule has 6 nitrogen and oxygen atoms in total. The zero-order valence-electron chi connectivity index (χ0n) is 10.7. The SMILES string of the molecule is CC(C)c1ncc(NN)c(C(=O)Nc2ccsc2)n1. The molecule has 0 aliphatic heterocycles. The second-order valence-electron chi connectivity index (χ2n) is 4.26. The molecular formula is C12H15N5OS. The van der Waals surface area contributed by atoms with E-state index >= 15 is 0 Å². The molecule has 0 unspecified atom stereocenters. The number of rotatable bonds is 4. The maximum atomic E-state index is 12.2. The average molecular weight is 277 g/mol. The van der Waals surface area contributed by atoms with Gasteiger partial charge >= 0.3 is 0 Å². The molecule has 0 saturated heterocycles. The van der Waals surface area contributed by atoms with Crippen LogP contribution in [0.1, 0.15) is 36.1 Å². The number of hydrazine groups is 1. The summed E-state index contributed by atoms with van der Waals surface area (Å²) in [5, 5.41) is 6.50. The van der Waals surface area contributed by atoms with Gasteiger partial charge in [0, 0.05) is 11.3 Å². The van der Waals surface area contributed by atoms with Crippen molar-refractivity contribution in [1.82, 2.24) is 9.97 Å². The number of carbonyl (C=O) groups excluding carboxylic acids is 1. The quantitative estimate of drug-likeness (QED) is 0.588. The van der Waals surface area contributed by atoms with E-state index < -0.39 is 0 Å². The van der Waals surface area contributed by atoms with Gasteiger partial charge in [-0.1, -0.05) is 13.8 Å². The van der Waals surface area contributed by atoms with E-state index in [-0.39, 0.29) is 17.5 Å². The van der Waals surface area contributed by atoms with Gasteiger partial charge in [-0.3, -0.25) is 10.6 Å². The van der Waals surface area contributed by atoms with Gasteiger partial charge in [-0.15, -0.1) is 0 Å². The molecular weight excluding hydrogens is 262 g/mol. The summed E-state index contributed by atoms with van der Waals surface area (Å²) in [4.78, 5) is 20.6. The lowest BCUT2D eigenvalue weighted by Crippen LogP contribution is -2.20. The predicted molar refractivity (Wildman–Crippen MR) is 76.2 cm³/mol. The van der Waals surface area contributed by atoms with E-state index in [0.29, 0.717) is 11.5 Å². The molecule has 0 atom stereocenters. The first-order valence-corrected chi connectivity index (χ1v) is 6.73. The van der Waals surface area contributed by atoms with Crippen LogP contribution >= 0.6 is 11.3 Å². The summed E-state index contributed by atoms with van der Waals surface area (Å²) in [6, 6.07) is 1.82. The molecule has 2 aromatic heterocycles. The molecule has 0 radical (unpaired) electrons. The van der Waals surface area contributed by atoms with Gasteiger partial charge in [-0.25, -0.2) is 9.97 Å². The van der Waals surface area contributed by atoms with Gasteiger partial charge in [-0.05, 0) is 11.4 Å². The lowest BCUT2D eigenvalue weighted by molar-refractivity contribution is 0.102. The highest BCUT2D eigenvalue weighted by molar-refractivity contribution is 7.08. The average Bonchev–Trinajstić information content (AvgIpc) is 2.90. The minimum Gasteiger partial charge on any atom is -0.321 e. The number of amides is 1. The summed E-state index contributed by atoms with van der Waals surface area (Å²) < 4.78 is 0. The Bertz CT molecular complexity index is 568. The monoisotopic (exact) mass is 277 g/mol. The smallest absolute Gasteiger partial charge is 0.276 e. The van der Waals surface area contributed by atoms with Gasteiger partial charge in [0.25, 0.3) is 5.91 Å². The minimum atomic E-state index is -0.310. The highest BCUT2D eigenvalue weighted by Gasteiger charge is 2.16. The van der Waals surface area contributed by atoms with E-state index in [9.17, 15) is 4.79 Å². The number of nitrogen functional groups attached to an aromatic ring is 1. The van der Waals surface area contributed by atoms with E-state index in [1.165, 1.54) is 17.5 Å². The molecule has 0 bridgehead atoms. The molecule has 0 aliphatic carbocycles. The fraction of sp³-hybridized carbons (Fsp3) is 0.250. The Balaban J connectivity index is 2.30. The Labute approximate surface area is 115 Å². The Morgan fingerprint density at radius 2 is 2.26 bits per heavy atom. The summed E-state index contributed by atoms with van der Waals surface area (Å²) >= 11 is 1.51. The third-order valence-electron chi connectivity index (χ3n) is 2.47. The molecule has 4 N–H and O–H groups in total. The molecule has 2 rings (SSSR count). The third-order valence-corrected chi connectivity index (χ3v) is 3.16. The maximum absolute atomic E-state index is 12.2. The molecule has 100 valence electrons. The Kier molecular flexibility index (Phi) is 4.08. The number of nitrogens with zero attached hydrogens (tertiary/aromatic N) is 2. The summed E-state index contributed by atoms with van der Waals surface area (Å²) in [6.07, 6.45) is 1.52. The number of carbonyl (C=O) groups is 1. The van der Waals surface area contributed by atoms with Crippen LogP contribution in [-0.4, -0.2) is 15.9 Å². The van der Waals surface area contributed by atoms with Crippen molar-refractivity contribution < 1.29 is 4.79 Å². The number of hydrogen-bond donors (Lipinski definition) is 3. The summed E-state index contributed by atoms with van der Waals surface area (Å²) in [6.45, 7) is 3.93. The normalized spacial score (nSPS) is 10.5.